The number of carbonyl (C=O) groups excluding carboxylic acids is 1. The van der Waals surface area contributed by atoms with Crippen LogP contribution in [0.1, 0.15) is 23.8 Å². The predicted molar refractivity (Wildman–Crippen MR) is 110 cm³/mol. The van der Waals surface area contributed by atoms with Crippen LogP contribution in [0.2, 0.25) is 0 Å². The summed E-state index contributed by atoms with van der Waals surface area (Å²) in [6.07, 6.45) is 0.271. The molecule has 1 unspecified atom stereocenters. The van der Waals surface area contributed by atoms with E-state index in [1.165, 1.54) is 11.8 Å². The minimum absolute atomic E-state index is 0.0743. The maximum atomic E-state index is 13.1. The molecule has 1 aromatic carbocycles. The Morgan fingerprint density at radius 2 is 2.14 bits per heavy atom. The van der Waals surface area contributed by atoms with Gasteiger partial charge in [-0.2, -0.15) is 5.26 Å². The van der Waals surface area contributed by atoms with Crippen LogP contribution in [0.15, 0.2) is 46.9 Å². The van der Waals surface area contributed by atoms with E-state index in [1.807, 2.05) is 55.6 Å². The first kappa shape index (κ1) is 20.0. The van der Waals surface area contributed by atoms with Gasteiger partial charge in [0.05, 0.1) is 24.3 Å². The lowest BCUT2D eigenvalue weighted by molar-refractivity contribution is -0.117. The standard InChI is InChI=1S/C19H20N6OS2/c1-14-6-8-16(9-7-14)24(11-4-10-20)18(26)15(2)28-19-21-22-23-25(19)13-17-5-3-12-27-17/h3,5-9,12,15H,4,11,13H2,1-2H3. The summed E-state index contributed by atoms with van der Waals surface area (Å²) in [5.74, 6) is -0.0743. The quantitative estimate of drug-likeness (QED) is 0.526. The van der Waals surface area contributed by atoms with Crippen molar-refractivity contribution in [2.24, 2.45) is 0 Å². The molecule has 0 aliphatic rings. The van der Waals surface area contributed by atoms with Crippen molar-refractivity contribution in [3.63, 3.8) is 0 Å². The number of aryl methyl sites for hydroxylation is 1. The molecular weight excluding hydrogens is 392 g/mol. The lowest BCUT2D eigenvalue weighted by Crippen LogP contribution is -2.37. The summed E-state index contributed by atoms with van der Waals surface area (Å²) < 4.78 is 1.70. The summed E-state index contributed by atoms with van der Waals surface area (Å²) in [6, 6.07) is 13.9. The smallest absolute Gasteiger partial charge is 0.240 e. The molecule has 3 rings (SSSR count). The van der Waals surface area contributed by atoms with Crippen LogP contribution in [0, 0.1) is 18.3 Å². The van der Waals surface area contributed by atoms with Crippen molar-refractivity contribution >= 4 is 34.7 Å². The lowest BCUT2D eigenvalue weighted by atomic mass is 10.2. The molecule has 144 valence electrons. The largest absolute Gasteiger partial charge is 0.310 e. The Morgan fingerprint density at radius 1 is 1.36 bits per heavy atom. The summed E-state index contributed by atoms with van der Waals surface area (Å²) >= 11 is 2.96. The van der Waals surface area contributed by atoms with Gasteiger partial charge in [0, 0.05) is 17.1 Å². The van der Waals surface area contributed by atoms with Gasteiger partial charge in [-0.25, -0.2) is 4.68 Å². The van der Waals surface area contributed by atoms with E-state index in [1.54, 1.807) is 20.9 Å². The highest BCUT2D eigenvalue weighted by molar-refractivity contribution is 8.00. The van der Waals surface area contributed by atoms with Crippen molar-refractivity contribution < 1.29 is 4.79 Å². The molecule has 1 amide bonds. The second kappa shape index (κ2) is 9.48. The van der Waals surface area contributed by atoms with E-state index in [9.17, 15) is 4.79 Å². The van der Waals surface area contributed by atoms with E-state index in [2.05, 4.69) is 21.6 Å². The average Bonchev–Trinajstić information content (AvgIpc) is 3.36. The molecule has 0 saturated heterocycles. The lowest BCUT2D eigenvalue weighted by Gasteiger charge is -2.25. The van der Waals surface area contributed by atoms with Gasteiger partial charge in [-0.3, -0.25) is 4.79 Å². The molecule has 0 spiro atoms. The maximum absolute atomic E-state index is 13.1. The monoisotopic (exact) mass is 412 g/mol. The van der Waals surface area contributed by atoms with Crippen LogP contribution >= 0.6 is 23.1 Å². The number of amides is 1. The van der Waals surface area contributed by atoms with Gasteiger partial charge in [0.2, 0.25) is 11.1 Å². The Labute approximate surface area is 172 Å². The van der Waals surface area contributed by atoms with Gasteiger partial charge in [0.1, 0.15) is 0 Å². The fourth-order valence-electron chi connectivity index (χ4n) is 2.61. The summed E-state index contributed by atoms with van der Waals surface area (Å²) in [7, 11) is 0. The van der Waals surface area contributed by atoms with Gasteiger partial charge in [-0.05, 0) is 47.9 Å². The molecule has 7 nitrogen and oxygen atoms in total. The number of benzene rings is 1. The van der Waals surface area contributed by atoms with Crippen molar-refractivity contribution in [1.82, 2.24) is 20.2 Å². The number of thiophene rings is 1. The molecule has 1 atom stereocenters. The molecule has 0 aliphatic heterocycles. The Morgan fingerprint density at radius 3 is 2.82 bits per heavy atom. The molecule has 2 heterocycles. The van der Waals surface area contributed by atoms with E-state index in [-0.39, 0.29) is 12.3 Å². The van der Waals surface area contributed by atoms with Crippen molar-refractivity contribution in [2.75, 3.05) is 11.4 Å². The van der Waals surface area contributed by atoms with Crippen molar-refractivity contribution in [1.29, 1.82) is 5.26 Å². The van der Waals surface area contributed by atoms with Gasteiger partial charge in [-0.15, -0.1) is 16.4 Å². The number of anilines is 1. The van der Waals surface area contributed by atoms with E-state index in [4.69, 9.17) is 5.26 Å². The number of hydrogen-bond donors (Lipinski definition) is 0. The molecule has 0 aliphatic carbocycles. The summed E-state index contributed by atoms with van der Waals surface area (Å²) in [5.41, 5.74) is 1.91. The number of carbonyl (C=O) groups is 1. The minimum atomic E-state index is -0.395. The van der Waals surface area contributed by atoms with E-state index >= 15 is 0 Å². The summed E-state index contributed by atoms with van der Waals surface area (Å²) in [4.78, 5) is 15.9. The van der Waals surface area contributed by atoms with Crippen molar-refractivity contribution in [3.8, 4) is 6.07 Å². The van der Waals surface area contributed by atoms with Gasteiger partial charge in [-0.1, -0.05) is 35.5 Å². The normalized spacial score (nSPS) is 11.8. The number of nitrogens with zero attached hydrogens (tertiary/aromatic N) is 6. The fourth-order valence-corrected chi connectivity index (χ4v) is 4.15. The zero-order valence-corrected chi connectivity index (χ0v) is 17.3. The third-order valence-electron chi connectivity index (χ3n) is 4.07. The predicted octanol–water partition coefficient (Wildman–Crippen LogP) is 3.52. The summed E-state index contributed by atoms with van der Waals surface area (Å²) in [6.45, 7) is 4.76. The molecule has 0 bridgehead atoms. The number of aromatic nitrogens is 4. The van der Waals surface area contributed by atoms with Crippen LogP contribution in [0.3, 0.4) is 0 Å². The average molecular weight is 413 g/mol. The molecule has 3 aromatic rings. The van der Waals surface area contributed by atoms with Crippen LogP contribution in [-0.4, -0.2) is 37.9 Å². The highest BCUT2D eigenvalue weighted by Gasteiger charge is 2.25. The zero-order valence-electron chi connectivity index (χ0n) is 15.6. The van der Waals surface area contributed by atoms with E-state index in [0.717, 1.165) is 16.1 Å². The Bertz CT molecular complexity index is 946. The van der Waals surface area contributed by atoms with Gasteiger partial charge >= 0.3 is 0 Å². The van der Waals surface area contributed by atoms with E-state index < -0.39 is 5.25 Å². The van der Waals surface area contributed by atoms with Crippen LogP contribution in [0.25, 0.3) is 0 Å². The Balaban J connectivity index is 1.74. The number of thioether (sulfide) groups is 1. The maximum Gasteiger partial charge on any atom is 0.240 e. The third kappa shape index (κ3) is 4.97. The van der Waals surface area contributed by atoms with Crippen LogP contribution in [-0.2, 0) is 11.3 Å². The SMILES string of the molecule is Cc1ccc(N(CCC#N)C(=O)C(C)Sc2nnnn2Cc2cccs2)cc1. The number of hydrogen-bond acceptors (Lipinski definition) is 7. The van der Waals surface area contributed by atoms with Gasteiger partial charge < -0.3 is 4.90 Å². The Hall–Kier alpha value is -2.70. The summed E-state index contributed by atoms with van der Waals surface area (Å²) in [5, 5.41) is 23.0. The number of nitriles is 1. The second-order valence-electron chi connectivity index (χ2n) is 6.19. The molecule has 0 N–H and O–H groups in total. The molecular formula is C19H20N6OS2. The van der Waals surface area contributed by atoms with Crippen LogP contribution in [0.4, 0.5) is 5.69 Å². The molecule has 2 aromatic heterocycles. The highest BCUT2D eigenvalue weighted by Crippen LogP contribution is 2.25. The van der Waals surface area contributed by atoms with Crippen LogP contribution in [0.5, 0.6) is 0 Å². The number of tetrazole rings is 1. The van der Waals surface area contributed by atoms with E-state index in [0.29, 0.717) is 18.2 Å². The molecule has 28 heavy (non-hydrogen) atoms. The molecule has 0 fully saturated rings. The van der Waals surface area contributed by atoms with Gasteiger partial charge in [0.25, 0.3) is 0 Å². The Kier molecular flexibility index (Phi) is 6.79. The topological polar surface area (TPSA) is 87.7 Å². The zero-order chi connectivity index (χ0) is 19.9. The molecule has 0 radical (unpaired) electrons. The van der Waals surface area contributed by atoms with Crippen molar-refractivity contribution in [2.45, 2.75) is 37.2 Å². The molecule has 0 saturated carbocycles. The molecule has 9 heteroatoms. The second-order valence-corrected chi connectivity index (χ2v) is 8.53. The van der Waals surface area contributed by atoms with Crippen LogP contribution < -0.4 is 4.90 Å². The first-order valence-corrected chi connectivity index (χ1v) is 10.5. The minimum Gasteiger partial charge on any atom is -0.310 e. The fraction of sp³-hybridized carbons (Fsp3) is 0.316. The third-order valence-corrected chi connectivity index (χ3v) is 5.99. The highest BCUT2D eigenvalue weighted by atomic mass is 32.2. The first-order valence-electron chi connectivity index (χ1n) is 8.78. The van der Waals surface area contributed by atoms with Gasteiger partial charge in [0.15, 0.2) is 0 Å². The first-order chi connectivity index (χ1) is 13.6. The number of rotatable bonds is 8. The van der Waals surface area contributed by atoms with Crippen molar-refractivity contribution in [3.05, 3.63) is 52.2 Å².